The predicted octanol–water partition coefficient (Wildman–Crippen LogP) is 5.51. The zero-order chi connectivity index (χ0) is 18.6. The van der Waals surface area contributed by atoms with Crippen LogP contribution in [-0.2, 0) is 14.3 Å². The Morgan fingerprint density at radius 3 is 2.48 bits per heavy atom. The van der Waals surface area contributed by atoms with E-state index in [9.17, 15) is 4.79 Å². The van der Waals surface area contributed by atoms with E-state index in [1.54, 1.807) is 0 Å². The van der Waals surface area contributed by atoms with Crippen molar-refractivity contribution in [2.75, 3.05) is 0 Å². The lowest BCUT2D eigenvalue weighted by Gasteiger charge is -2.27. The predicted molar refractivity (Wildman–Crippen MR) is 102 cm³/mol. The van der Waals surface area contributed by atoms with Crippen LogP contribution < -0.4 is 0 Å². The Morgan fingerprint density at radius 1 is 1.20 bits per heavy atom. The molecule has 0 spiro atoms. The lowest BCUT2D eigenvalue weighted by atomic mass is 9.83. The minimum atomic E-state index is -0.238. The quantitative estimate of drug-likeness (QED) is 0.376. The summed E-state index contributed by atoms with van der Waals surface area (Å²) >= 11 is 0. The van der Waals surface area contributed by atoms with Crippen LogP contribution in [0, 0.1) is 5.92 Å². The van der Waals surface area contributed by atoms with Gasteiger partial charge in [-0.15, -0.1) is 0 Å². The zero-order valence-corrected chi connectivity index (χ0v) is 16.6. The van der Waals surface area contributed by atoms with Gasteiger partial charge in [0, 0.05) is 12.8 Å². The molecular formula is C22H34O3. The van der Waals surface area contributed by atoms with Crippen LogP contribution in [0.1, 0.15) is 73.1 Å². The lowest BCUT2D eigenvalue weighted by molar-refractivity contribution is -0.149. The maximum Gasteiger partial charge on any atom is 0.303 e. The third-order valence-corrected chi connectivity index (χ3v) is 5.59. The molecule has 1 fully saturated rings. The fourth-order valence-corrected chi connectivity index (χ4v) is 3.85. The summed E-state index contributed by atoms with van der Waals surface area (Å²) in [7, 11) is 0. The van der Waals surface area contributed by atoms with Crippen molar-refractivity contribution in [1.82, 2.24) is 0 Å². The van der Waals surface area contributed by atoms with Gasteiger partial charge in [-0.25, -0.2) is 0 Å². The Labute approximate surface area is 153 Å². The van der Waals surface area contributed by atoms with Crippen LogP contribution in [0.5, 0.6) is 0 Å². The standard InChI is InChI=1S/C22H34O3/c1-15(2)19-13-12-17(4)10-7-9-16(3)11-8-14-22(6)21(25-22)20(19)24-18(5)23/h10-11,19-21H,1,7-9,12-14H2,2-6H3/b16-11+,17-10+/t19?,20-,21-,22-/m0/s1. The first-order valence-corrected chi connectivity index (χ1v) is 9.54. The highest BCUT2D eigenvalue weighted by Crippen LogP contribution is 2.47. The Kier molecular flexibility index (Phi) is 6.67. The molecule has 3 nitrogen and oxygen atoms in total. The van der Waals surface area contributed by atoms with Crippen molar-refractivity contribution in [2.24, 2.45) is 5.92 Å². The number of carbonyl (C=O) groups excluding carboxylic acids is 1. The number of carbonyl (C=O) groups is 1. The maximum atomic E-state index is 11.7. The molecule has 0 radical (unpaired) electrons. The van der Waals surface area contributed by atoms with Crippen LogP contribution in [0.25, 0.3) is 0 Å². The second-order valence-corrected chi connectivity index (χ2v) is 8.09. The largest absolute Gasteiger partial charge is 0.459 e. The molecule has 4 atom stereocenters. The van der Waals surface area contributed by atoms with Gasteiger partial charge in [0.15, 0.2) is 0 Å². The molecule has 140 valence electrons. The molecule has 1 unspecified atom stereocenters. The van der Waals surface area contributed by atoms with E-state index < -0.39 is 0 Å². The second-order valence-electron chi connectivity index (χ2n) is 8.09. The minimum absolute atomic E-state index is 0.0287. The molecule has 0 aromatic rings. The number of rotatable bonds is 2. The molecule has 0 bridgehead atoms. The van der Waals surface area contributed by atoms with Gasteiger partial charge in [0.05, 0.1) is 5.60 Å². The number of hydrogen-bond donors (Lipinski definition) is 0. The van der Waals surface area contributed by atoms with Crippen molar-refractivity contribution in [3.05, 3.63) is 35.5 Å². The average molecular weight is 347 g/mol. The summed E-state index contributed by atoms with van der Waals surface area (Å²) in [6, 6.07) is 0. The molecule has 3 heteroatoms. The van der Waals surface area contributed by atoms with Crippen LogP contribution in [0.15, 0.2) is 35.5 Å². The van der Waals surface area contributed by atoms with E-state index >= 15 is 0 Å². The number of allylic oxidation sites excluding steroid dienone is 4. The van der Waals surface area contributed by atoms with Gasteiger partial charge in [-0.3, -0.25) is 4.79 Å². The van der Waals surface area contributed by atoms with Crippen molar-refractivity contribution in [1.29, 1.82) is 0 Å². The number of esters is 1. The molecule has 2 rings (SSSR count). The normalized spacial score (nSPS) is 38.2. The summed E-state index contributed by atoms with van der Waals surface area (Å²) in [5.41, 5.74) is 3.72. The molecule has 1 heterocycles. The van der Waals surface area contributed by atoms with Crippen LogP contribution in [0.3, 0.4) is 0 Å². The summed E-state index contributed by atoms with van der Waals surface area (Å²) in [5, 5.41) is 0. The van der Waals surface area contributed by atoms with E-state index in [2.05, 4.69) is 39.5 Å². The molecule has 0 amide bonds. The molecule has 0 saturated carbocycles. The minimum Gasteiger partial charge on any atom is -0.459 e. The van der Waals surface area contributed by atoms with E-state index in [0.29, 0.717) is 0 Å². The molecule has 0 aromatic carbocycles. The fraction of sp³-hybridized carbons (Fsp3) is 0.682. The first kappa shape index (κ1) is 20.0. The molecule has 1 saturated heterocycles. The first-order valence-electron chi connectivity index (χ1n) is 9.54. The molecule has 1 aliphatic heterocycles. The SMILES string of the molecule is C=C(C)C1CC/C(C)=C/CC/C(C)=C/CC[C@]2(C)O[C@H]2[C@H]1OC(C)=O. The van der Waals surface area contributed by atoms with E-state index in [-0.39, 0.29) is 29.7 Å². The summed E-state index contributed by atoms with van der Waals surface area (Å²) in [4.78, 5) is 11.7. The monoisotopic (exact) mass is 346 g/mol. The third-order valence-electron chi connectivity index (χ3n) is 5.59. The highest BCUT2D eigenvalue weighted by molar-refractivity contribution is 5.66. The molecule has 1 aliphatic carbocycles. The molecule has 2 aliphatic rings. The van der Waals surface area contributed by atoms with E-state index in [4.69, 9.17) is 9.47 Å². The van der Waals surface area contributed by atoms with Crippen molar-refractivity contribution >= 4 is 5.97 Å². The van der Waals surface area contributed by atoms with Crippen molar-refractivity contribution in [3.63, 3.8) is 0 Å². The van der Waals surface area contributed by atoms with Crippen LogP contribution in [-0.4, -0.2) is 23.8 Å². The Morgan fingerprint density at radius 2 is 1.84 bits per heavy atom. The Bertz CT molecular complexity index is 572. The van der Waals surface area contributed by atoms with Gasteiger partial charge >= 0.3 is 5.97 Å². The smallest absolute Gasteiger partial charge is 0.303 e. The summed E-state index contributed by atoms with van der Waals surface area (Å²) in [6.07, 6.45) is 10.5. The zero-order valence-electron chi connectivity index (χ0n) is 16.6. The van der Waals surface area contributed by atoms with Crippen molar-refractivity contribution in [2.45, 2.75) is 91.0 Å². The van der Waals surface area contributed by atoms with Gasteiger partial charge in [-0.05, 0) is 66.2 Å². The van der Waals surface area contributed by atoms with Crippen LogP contribution in [0.4, 0.5) is 0 Å². The van der Waals surface area contributed by atoms with Crippen molar-refractivity contribution < 1.29 is 14.3 Å². The summed E-state index contributed by atoms with van der Waals surface area (Å²) in [5.74, 6) is -0.0995. The number of hydrogen-bond acceptors (Lipinski definition) is 3. The topological polar surface area (TPSA) is 38.8 Å². The Hall–Kier alpha value is -1.35. The number of fused-ring (bicyclic) bond motifs is 1. The number of ether oxygens (including phenoxy) is 2. The fourth-order valence-electron chi connectivity index (χ4n) is 3.85. The van der Waals surface area contributed by atoms with E-state index in [0.717, 1.165) is 44.1 Å². The van der Waals surface area contributed by atoms with E-state index in [1.165, 1.54) is 18.1 Å². The van der Waals surface area contributed by atoms with Crippen LogP contribution in [0.2, 0.25) is 0 Å². The molecule has 0 aromatic heterocycles. The lowest BCUT2D eigenvalue weighted by Crippen LogP contribution is -2.35. The van der Waals surface area contributed by atoms with E-state index in [1.807, 2.05) is 6.92 Å². The molecule has 0 N–H and O–H groups in total. The van der Waals surface area contributed by atoms with Gasteiger partial charge in [0.2, 0.25) is 0 Å². The second kappa shape index (κ2) is 8.35. The highest BCUT2D eigenvalue weighted by Gasteiger charge is 2.58. The summed E-state index contributed by atoms with van der Waals surface area (Å²) in [6.45, 7) is 14.2. The van der Waals surface area contributed by atoms with Gasteiger partial charge in [0.25, 0.3) is 0 Å². The third kappa shape index (κ3) is 5.57. The molecular weight excluding hydrogens is 312 g/mol. The first-order chi connectivity index (χ1) is 11.7. The average Bonchev–Trinajstić information content (AvgIpc) is 3.16. The summed E-state index contributed by atoms with van der Waals surface area (Å²) < 4.78 is 11.8. The van der Waals surface area contributed by atoms with Crippen molar-refractivity contribution in [3.8, 4) is 0 Å². The molecule has 25 heavy (non-hydrogen) atoms. The van der Waals surface area contributed by atoms with Gasteiger partial charge in [-0.2, -0.15) is 0 Å². The maximum absolute atomic E-state index is 11.7. The number of epoxide rings is 1. The highest BCUT2D eigenvalue weighted by atomic mass is 16.6. The van der Waals surface area contributed by atoms with Crippen LogP contribution >= 0.6 is 0 Å². The Balaban J connectivity index is 2.25. The van der Waals surface area contributed by atoms with Gasteiger partial charge in [0.1, 0.15) is 12.2 Å². The van der Waals surface area contributed by atoms with Gasteiger partial charge in [-0.1, -0.05) is 35.5 Å². The van der Waals surface area contributed by atoms with Gasteiger partial charge < -0.3 is 9.47 Å².